The van der Waals surface area contributed by atoms with E-state index in [1.165, 1.54) is 96.4 Å². The highest BCUT2D eigenvalue weighted by atomic mass is 15.1. The van der Waals surface area contributed by atoms with Crippen LogP contribution >= 0.6 is 0 Å². The summed E-state index contributed by atoms with van der Waals surface area (Å²) in [6.45, 7) is 5.78. The summed E-state index contributed by atoms with van der Waals surface area (Å²) in [6.07, 6.45) is 20.2. The summed E-state index contributed by atoms with van der Waals surface area (Å²) in [4.78, 5) is 2.23. The highest BCUT2D eigenvalue weighted by Gasteiger charge is 1.94. The Bertz CT molecular complexity index is 192. The second-order valence-corrected chi connectivity index (χ2v) is 7.15. The van der Waals surface area contributed by atoms with Crippen LogP contribution in [0.15, 0.2) is 0 Å². The van der Waals surface area contributed by atoms with E-state index in [1.807, 2.05) is 0 Å². The molecule has 0 heterocycles. The van der Waals surface area contributed by atoms with E-state index in [4.69, 9.17) is 0 Å². The molecule has 0 radical (unpaired) electrons. The average Bonchev–Trinajstić information content (AvgIpc) is 2.50. The first-order valence-corrected chi connectivity index (χ1v) is 10.1. The fourth-order valence-electron chi connectivity index (χ4n) is 2.87. The van der Waals surface area contributed by atoms with Gasteiger partial charge in [0, 0.05) is 13.1 Å². The van der Waals surface area contributed by atoms with Crippen molar-refractivity contribution < 1.29 is 0 Å². The molecule has 134 valence electrons. The molecule has 0 aliphatic rings. The van der Waals surface area contributed by atoms with Gasteiger partial charge in [0.05, 0.1) is 0 Å². The van der Waals surface area contributed by atoms with Gasteiger partial charge >= 0.3 is 0 Å². The first kappa shape index (κ1) is 21.9. The van der Waals surface area contributed by atoms with Gasteiger partial charge < -0.3 is 10.2 Å². The topological polar surface area (TPSA) is 15.3 Å². The number of rotatable bonds is 18. The fraction of sp³-hybridized carbons (Fsp3) is 1.00. The van der Waals surface area contributed by atoms with Crippen LogP contribution in [-0.2, 0) is 0 Å². The molecule has 2 nitrogen and oxygen atoms in total. The maximum absolute atomic E-state index is 3.52. The third kappa shape index (κ3) is 19.9. The smallest absolute Gasteiger partial charge is 0.0101 e. The van der Waals surface area contributed by atoms with E-state index in [0.29, 0.717) is 0 Å². The lowest BCUT2D eigenvalue weighted by atomic mass is 10.0. The van der Waals surface area contributed by atoms with Gasteiger partial charge in [-0.2, -0.15) is 0 Å². The van der Waals surface area contributed by atoms with E-state index < -0.39 is 0 Å². The fourth-order valence-corrected chi connectivity index (χ4v) is 2.87. The Morgan fingerprint density at radius 3 is 1.36 bits per heavy atom. The van der Waals surface area contributed by atoms with Gasteiger partial charge in [-0.1, -0.05) is 90.4 Å². The number of nitrogens with zero attached hydrogens (tertiary/aromatic N) is 1. The van der Waals surface area contributed by atoms with E-state index in [0.717, 1.165) is 13.1 Å². The third-order valence-corrected chi connectivity index (χ3v) is 4.44. The minimum absolute atomic E-state index is 1.13. The lowest BCUT2D eigenvalue weighted by Gasteiger charge is -2.10. The maximum atomic E-state index is 3.52. The van der Waals surface area contributed by atoms with Gasteiger partial charge in [0.15, 0.2) is 0 Å². The van der Waals surface area contributed by atoms with Crippen LogP contribution in [0.4, 0.5) is 0 Å². The minimum Gasteiger partial charge on any atom is -0.315 e. The zero-order valence-electron chi connectivity index (χ0n) is 16.0. The van der Waals surface area contributed by atoms with Crippen molar-refractivity contribution >= 4 is 0 Å². The van der Waals surface area contributed by atoms with Crippen molar-refractivity contribution in [1.82, 2.24) is 10.2 Å². The van der Waals surface area contributed by atoms with Crippen molar-refractivity contribution in [3.63, 3.8) is 0 Å². The summed E-state index contributed by atoms with van der Waals surface area (Å²) in [5.41, 5.74) is 0. The van der Waals surface area contributed by atoms with Crippen molar-refractivity contribution in [2.24, 2.45) is 0 Å². The Labute approximate surface area is 141 Å². The van der Waals surface area contributed by atoms with Crippen LogP contribution in [0, 0.1) is 0 Å². The molecule has 0 bridgehead atoms. The number of hydrogen-bond acceptors (Lipinski definition) is 2. The lowest BCUT2D eigenvalue weighted by Crippen LogP contribution is -2.27. The van der Waals surface area contributed by atoms with Crippen molar-refractivity contribution in [2.45, 2.75) is 96.8 Å². The van der Waals surface area contributed by atoms with E-state index in [2.05, 4.69) is 31.2 Å². The molecule has 0 fully saturated rings. The van der Waals surface area contributed by atoms with Gasteiger partial charge in [-0.15, -0.1) is 0 Å². The van der Waals surface area contributed by atoms with Crippen LogP contribution in [0.1, 0.15) is 96.8 Å². The van der Waals surface area contributed by atoms with Crippen LogP contribution in [0.25, 0.3) is 0 Å². The van der Waals surface area contributed by atoms with E-state index in [-0.39, 0.29) is 0 Å². The number of hydrogen-bond donors (Lipinski definition) is 1. The molecule has 1 N–H and O–H groups in total. The Balaban J connectivity index is 2.94. The van der Waals surface area contributed by atoms with Gasteiger partial charge in [-0.3, -0.25) is 0 Å². The third-order valence-electron chi connectivity index (χ3n) is 4.44. The standard InChI is InChI=1S/C20H44N2/c1-4-5-6-7-8-9-10-11-12-13-14-15-16-17-18-21-19-20-22(2)3/h21H,4-20H2,1-3H3. The predicted octanol–water partition coefficient (Wildman–Crippen LogP) is 5.62. The molecule has 2 heteroatoms. The minimum atomic E-state index is 1.13. The predicted molar refractivity (Wildman–Crippen MR) is 102 cm³/mol. The maximum Gasteiger partial charge on any atom is 0.0101 e. The summed E-state index contributed by atoms with van der Waals surface area (Å²) >= 11 is 0. The van der Waals surface area contributed by atoms with Gasteiger partial charge in [0.25, 0.3) is 0 Å². The van der Waals surface area contributed by atoms with Crippen LogP contribution in [-0.4, -0.2) is 38.6 Å². The molecule has 0 saturated heterocycles. The first-order valence-electron chi connectivity index (χ1n) is 10.1. The Hall–Kier alpha value is -0.0800. The molecule has 0 aromatic carbocycles. The van der Waals surface area contributed by atoms with Crippen LogP contribution in [0.3, 0.4) is 0 Å². The van der Waals surface area contributed by atoms with E-state index in [1.54, 1.807) is 0 Å². The summed E-state index contributed by atoms with van der Waals surface area (Å²) in [6, 6.07) is 0. The van der Waals surface area contributed by atoms with Crippen molar-refractivity contribution in [3.8, 4) is 0 Å². The van der Waals surface area contributed by atoms with Crippen LogP contribution < -0.4 is 5.32 Å². The van der Waals surface area contributed by atoms with Gasteiger partial charge in [0.1, 0.15) is 0 Å². The van der Waals surface area contributed by atoms with Gasteiger partial charge in [-0.25, -0.2) is 0 Å². The normalized spacial score (nSPS) is 11.5. The lowest BCUT2D eigenvalue weighted by molar-refractivity contribution is 0.398. The zero-order chi connectivity index (χ0) is 16.3. The number of nitrogens with one attached hydrogen (secondary N) is 1. The molecule has 0 atom stereocenters. The molecule has 0 amide bonds. The number of unbranched alkanes of at least 4 members (excludes halogenated alkanes) is 13. The highest BCUT2D eigenvalue weighted by Crippen LogP contribution is 2.12. The van der Waals surface area contributed by atoms with Crippen LogP contribution in [0.5, 0.6) is 0 Å². The zero-order valence-corrected chi connectivity index (χ0v) is 16.0. The van der Waals surface area contributed by atoms with Crippen molar-refractivity contribution in [3.05, 3.63) is 0 Å². The highest BCUT2D eigenvalue weighted by molar-refractivity contribution is 4.53. The van der Waals surface area contributed by atoms with Crippen molar-refractivity contribution in [2.75, 3.05) is 33.7 Å². The molecular formula is C20H44N2. The quantitative estimate of drug-likeness (QED) is 0.330. The first-order chi connectivity index (χ1) is 10.8. The number of likely N-dealkylation sites (N-methyl/N-ethyl adjacent to an activating group) is 1. The average molecular weight is 313 g/mol. The van der Waals surface area contributed by atoms with Crippen LogP contribution in [0.2, 0.25) is 0 Å². The summed E-state index contributed by atoms with van der Waals surface area (Å²) in [5, 5.41) is 3.52. The van der Waals surface area contributed by atoms with Gasteiger partial charge in [-0.05, 0) is 27.1 Å². The van der Waals surface area contributed by atoms with E-state index in [9.17, 15) is 0 Å². The molecule has 0 spiro atoms. The molecule has 0 aromatic rings. The molecule has 0 aliphatic carbocycles. The molecule has 0 aromatic heterocycles. The van der Waals surface area contributed by atoms with Gasteiger partial charge in [0.2, 0.25) is 0 Å². The Kier molecular flexibility index (Phi) is 18.9. The molecule has 22 heavy (non-hydrogen) atoms. The molecule has 0 unspecified atom stereocenters. The second kappa shape index (κ2) is 19.0. The molecule has 0 aliphatic heterocycles. The van der Waals surface area contributed by atoms with Crippen molar-refractivity contribution in [1.29, 1.82) is 0 Å². The summed E-state index contributed by atoms with van der Waals surface area (Å²) in [5.74, 6) is 0. The molecule has 0 saturated carbocycles. The molecular weight excluding hydrogens is 268 g/mol. The Morgan fingerprint density at radius 1 is 0.545 bits per heavy atom. The second-order valence-electron chi connectivity index (χ2n) is 7.15. The SMILES string of the molecule is CCCCCCCCCCCCCCCCNCCN(C)C. The Morgan fingerprint density at radius 2 is 0.955 bits per heavy atom. The monoisotopic (exact) mass is 312 g/mol. The summed E-state index contributed by atoms with van der Waals surface area (Å²) in [7, 11) is 4.27. The van der Waals surface area contributed by atoms with E-state index >= 15 is 0 Å². The molecule has 0 rings (SSSR count). The summed E-state index contributed by atoms with van der Waals surface area (Å²) < 4.78 is 0. The largest absolute Gasteiger partial charge is 0.315 e.